The number of piperidine rings is 2. The Morgan fingerprint density at radius 1 is 1.47 bits per heavy atom. The zero-order valence-electron chi connectivity index (χ0n) is 17.6. The Hall–Kier alpha value is -2.52. The summed E-state index contributed by atoms with van der Waals surface area (Å²) in [6.07, 6.45) is 9.36. The molecule has 2 saturated heterocycles. The van der Waals surface area contributed by atoms with Gasteiger partial charge in [0.15, 0.2) is 5.75 Å². The van der Waals surface area contributed by atoms with Crippen LogP contribution < -0.4 is 4.74 Å². The van der Waals surface area contributed by atoms with Crippen molar-refractivity contribution in [3.63, 3.8) is 0 Å². The molecule has 1 N–H and O–H groups in total. The predicted molar refractivity (Wildman–Crippen MR) is 116 cm³/mol. The average molecular weight is 427 g/mol. The van der Waals surface area contributed by atoms with Crippen LogP contribution in [0.5, 0.6) is 5.75 Å². The van der Waals surface area contributed by atoms with E-state index in [2.05, 4.69) is 33.9 Å². The van der Waals surface area contributed by atoms with Crippen molar-refractivity contribution in [2.24, 2.45) is 5.92 Å². The van der Waals surface area contributed by atoms with Gasteiger partial charge in [-0.2, -0.15) is 5.26 Å². The molecule has 0 radical (unpaired) electrons. The second-order valence-electron chi connectivity index (χ2n) is 8.47. The van der Waals surface area contributed by atoms with Crippen LogP contribution in [0.4, 0.5) is 0 Å². The Labute approximate surface area is 181 Å². The number of halogens is 1. The summed E-state index contributed by atoms with van der Waals surface area (Å²) in [5.74, 6) is 0.708. The molecule has 4 heterocycles. The van der Waals surface area contributed by atoms with Crippen LogP contribution in [0.2, 0.25) is 5.02 Å². The number of methoxy groups -OCH3 is 1. The van der Waals surface area contributed by atoms with E-state index >= 15 is 0 Å². The highest BCUT2D eigenvalue weighted by molar-refractivity contribution is 6.37. The molecule has 7 heteroatoms. The second-order valence-corrected chi connectivity index (χ2v) is 8.85. The normalized spacial score (nSPS) is 24.4. The van der Waals surface area contributed by atoms with Gasteiger partial charge in [0.2, 0.25) is 5.91 Å². The molecule has 2 aliphatic rings. The first-order chi connectivity index (χ1) is 14.5. The lowest BCUT2D eigenvalue weighted by atomic mass is 9.76. The molecule has 3 atom stereocenters. The Kier molecular flexibility index (Phi) is 5.75. The van der Waals surface area contributed by atoms with Gasteiger partial charge in [-0.3, -0.25) is 4.79 Å². The van der Waals surface area contributed by atoms with Crippen molar-refractivity contribution >= 4 is 28.5 Å². The smallest absolute Gasteiger partial charge is 0.223 e. The zero-order valence-corrected chi connectivity index (χ0v) is 18.4. The average Bonchev–Trinajstić information content (AvgIpc) is 3.17. The van der Waals surface area contributed by atoms with Crippen molar-refractivity contribution in [2.75, 3.05) is 7.11 Å². The minimum atomic E-state index is -0.0201. The van der Waals surface area contributed by atoms with Crippen LogP contribution in [-0.2, 0) is 4.79 Å². The van der Waals surface area contributed by atoms with E-state index in [9.17, 15) is 10.1 Å². The second kappa shape index (κ2) is 8.31. The van der Waals surface area contributed by atoms with Gasteiger partial charge in [0.05, 0.1) is 30.3 Å². The first-order valence-electron chi connectivity index (χ1n) is 10.5. The molecule has 3 unspecified atom stereocenters. The molecule has 4 rings (SSSR count). The number of hydrogen-bond donors (Lipinski definition) is 1. The summed E-state index contributed by atoms with van der Waals surface area (Å²) in [6, 6.07) is 2.68. The third-order valence-corrected chi connectivity index (χ3v) is 7.02. The summed E-state index contributed by atoms with van der Waals surface area (Å²) in [5, 5.41) is 10.8. The number of carbonyl (C=O) groups excluding carboxylic acids is 1. The SMILES string of the molecule is CC=C1CC2CC(C#N)CC(C1)N2C(=O)CC(C)c1c[nH]c2ncc(OC)c(Cl)c12. The lowest BCUT2D eigenvalue weighted by Crippen LogP contribution is -2.55. The summed E-state index contributed by atoms with van der Waals surface area (Å²) in [7, 11) is 1.57. The van der Waals surface area contributed by atoms with Crippen LogP contribution in [0.25, 0.3) is 11.0 Å². The number of aromatic nitrogens is 2. The fourth-order valence-electron chi connectivity index (χ4n) is 5.15. The molecule has 0 aromatic carbocycles. The number of rotatable bonds is 4. The first-order valence-corrected chi connectivity index (χ1v) is 10.9. The van der Waals surface area contributed by atoms with Gasteiger partial charge in [-0.25, -0.2) is 4.98 Å². The van der Waals surface area contributed by atoms with Gasteiger partial charge in [0.1, 0.15) is 5.65 Å². The van der Waals surface area contributed by atoms with Crippen LogP contribution in [0.15, 0.2) is 24.0 Å². The highest BCUT2D eigenvalue weighted by Gasteiger charge is 2.42. The fourth-order valence-corrected chi connectivity index (χ4v) is 5.47. The van der Waals surface area contributed by atoms with Gasteiger partial charge in [-0.05, 0) is 44.1 Å². The Balaban J connectivity index is 1.57. The first kappa shape index (κ1) is 20.7. The van der Waals surface area contributed by atoms with Crippen LogP contribution >= 0.6 is 11.6 Å². The van der Waals surface area contributed by atoms with Gasteiger partial charge in [0.25, 0.3) is 0 Å². The minimum Gasteiger partial charge on any atom is -0.494 e. The Morgan fingerprint density at radius 2 is 2.17 bits per heavy atom. The van der Waals surface area contributed by atoms with Crippen molar-refractivity contribution in [1.82, 2.24) is 14.9 Å². The fraction of sp³-hybridized carbons (Fsp3) is 0.522. The maximum atomic E-state index is 13.4. The van der Waals surface area contributed by atoms with E-state index in [0.29, 0.717) is 22.8 Å². The number of nitrogens with zero attached hydrogens (tertiary/aromatic N) is 3. The van der Waals surface area contributed by atoms with E-state index in [4.69, 9.17) is 16.3 Å². The van der Waals surface area contributed by atoms with E-state index in [1.807, 2.05) is 13.1 Å². The molecular formula is C23H27ClN4O2. The Bertz CT molecular complexity index is 1020. The monoisotopic (exact) mass is 426 g/mol. The van der Waals surface area contributed by atoms with Gasteiger partial charge in [0, 0.05) is 30.1 Å². The molecule has 2 aromatic heterocycles. The van der Waals surface area contributed by atoms with E-state index in [1.165, 1.54) is 5.57 Å². The topological polar surface area (TPSA) is 82.0 Å². The lowest BCUT2D eigenvalue weighted by Gasteiger charge is -2.48. The molecule has 2 fully saturated rings. The molecule has 0 aliphatic carbocycles. The van der Waals surface area contributed by atoms with Gasteiger partial charge >= 0.3 is 0 Å². The summed E-state index contributed by atoms with van der Waals surface area (Å²) >= 11 is 6.54. The molecule has 2 bridgehead atoms. The molecule has 0 saturated carbocycles. The lowest BCUT2D eigenvalue weighted by molar-refractivity contribution is -0.140. The summed E-state index contributed by atoms with van der Waals surface area (Å²) in [5.41, 5.74) is 3.07. The van der Waals surface area contributed by atoms with Crippen LogP contribution in [0.1, 0.15) is 57.4 Å². The number of nitriles is 1. The number of pyridine rings is 1. The van der Waals surface area contributed by atoms with Crippen LogP contribution in [-0.4, -0.2) is 40.0 Å². The highest BCUT2D eigenvalue weighted by atomic mass is 35.5. The van der Waals surface area contributed by atoms with Gasteiger partial charge < -0.3 is 14.6 Å². The standard InChI is InChI=1S/C23H27ClN4O2/c1-4-14-6-16-8-15(10-25)9-17(7-14)28(16)20(29)5-13(2)18-11-26-23-21(18)22(24)19(30-3)12-27-23/h4,11-13,15-17H,5-9H2,1-3H3,(H,26,27). The summed E-state index contributed by atoms with van der Waals surface area (Å²) < 4.78 is 5.31. The summed E-state index contributed by atoms with van der Waals surface area (Å²) in [6.45, 7) is 4.11. The molecule has 6 nitrogen and oxygen atoms in total. The number of ether oxygens (including phenoxy) is 1. The van der Waals surface area contributed by atoms with Crippen molar-refractivity contribution in [1.29, 1.82) is 5.26 Å². The zero-order chi connectivity index (χ0) is 21.4. The van der Waals surface area contributed by atoms with E-state index in [1.54, 1.807) is 13.3 Å². The molecule has 158 valence electrons. The van der Waals surface area contributed by atoms with Crippen molar-refractivity contribution in [3.8, 4) is 11.8 Å². The summed E-state index contributed by atoms with van der Waals surface area (Å²) in [4.78, 5) is 23.0. The van der Waals surface area contributed by atoms with E-state index in [0.717, 1.165) is 36.6 Å². The van der Waals surface area contributed by atoms with Crippen molar-refractivity contribution in [2.45, 2.75) is 64.0 Å². The molecule has 2 aliphatic heterocycles. The molecule has 2 aromatic rings. The van der Waals surface area contributed by atoms with Gasteiger partial charge in [-0.1, -0.05) is 30.2 Å². The number of aromatic amines is 1. The largest absolute Gasteiger partial charge is 0.494 e. The van der Waals surface area contributed by atoms with Crippen molar-refractivity contribution < 1.29 is 9.53 Å². The maximum Gasteiger partial charge on any atom is 0.223 e. The Morgan fingerprint density at radius 3 is 2.77 bits per heavy atom. The molecule has 30 heavy (non-hydrogen) atoms. The van der Waals surface area contributed by atoms with Gasteiger partial charge in [-0.15, -0.1) is 0 Å². The number of amides is 1. The maximum absolute atomic E-state index is 13.4. The van der Waals surface area contributed by atoms with Crippen LogP contribution in [0, 0.1) is 17.2 Å². The number of fused-ring (bicyclic) bond motifs is 3. The number of hydrogen-bond acceptors (Lipinski definition) is 4. The predicted octanol–water partition coefficient (Wildman–Crippen LogP) is 4.96. The minimum absolute atomic E-state index is 0.0201. The highest BCUT2D eigenvalue weighted by Crippen LogP contribution is 2.41. The number of allylic oxidation sites excluding steroid dienone is 1. The number of nitrogens with one attached hydrogen (secondary N) is 1. The number of H-pyrrole nitrogens is 1. The molecule has 0 spiro atoms. The molecular weight excluding hydrogens is 400 g/mol. The van der Waals surface area contributed by atoms with Crippen molar-refractivity contribution in [3.05, 3.63) is 34.6 Å². The quantitative estimate of drug-likeness (QED) is 0.700. The third kappa shape index (κ3) is 3.56. The van der Waals surface area contributed by atoms with E-state index in [-0.39, 0.29) is 29.8 Å². The molecule has 1 amide bonds. The third-order valence-electron chi connectivity index (χ3n) is 6.64. The number of carbonyl (C=O) groups is 1. The van der Waals surface area contributed by atoms with Crippen LogP contribution in [0.3, 0.4) is 0 Å². The van der Waals surface area contributed by atoms with E-state index < -0.39 is 0 Å².